The molecule has 0 aliphatic carbocycles. The maximum absolute atomic E-state index is 12.3. The first-order valence-electron chi connectivity index (χ1n) is 7.25. The molecule has 122 valence electrons. The van der Waals surface area contributed by atoms with Gasteiger partial charge in [-0.25, -0.2) is 8.42 Å². The molecule has 0 amide bonds. The third-order valence-corrected chi connectivity index (χ3v) is 4.62. The van der Waals surface area contributed by atoms with Crippen molar-refractivity contribution in [2.45, 2.75) is 44.9 Å². The van der Waals surface area contributed by atoms with Crippen molar-refractivity contribution in [2.24, 2.45) is 0 Å². The summed E-state index contributed by atoms with van der Waals surface area (Å²) in [6.07, 6.45) is 1.10. The van der Waals surface area contributed by atoms with Crippen LogP contribution in [0.5, 0.6) is 0 Å². The van der Waals surface area contributed by atoms with E-state index in [-0.39, 0.29) is 11.2 Å². The lowest BCUT2D eigenvalue weighted by molar-refractivity contribution is 0.0735. The van der Waals surface area contributed by atoms with Crippen molar-refractivity contribution < 1.29 is 17.6 Å². The topological polar surface area (TPSA) is 71.8 Å². The van der Waals surface area contributed by atoms with Crippen molar-refractivity contribution in [3.63, 3.8) is 0 Å². The standard InChI is InChI=1S/C14H26N2O4S/c1-5-8-15-11-13-6-7-14(20-13)21(17,18)16(4)9-10-19-12(2)3/h6-7,12,15H,5,8-11H2,1-4H3. The second-order valence-electron chi connectivity index (χ2n) is 5.14. The molecular weight excluding hydrogens is 292 g/mol. The molecule has 0 fully saturated rings. The number of hydrogen-bond acceptors (Lipinski definition) is 5. The fourth-order valence-electron chi connectivity index (χ4n) is 1.67. The van der Waals surface area contributed by atoms with Crippen LogP contribution in [0.15, 0.2) is 21.6 Å². The van der Waals surface area contributed by atoms with Crippen LogP contribution in [-0.2, 0) is 21.3 Å². The van der Waals surface area contributed by atoms with Crippen molar-refractivity contribution in [1.82, 2.24) is 9.62 Å². The van der Waals surface area contributed by atoms with Gasteiger partial charge in [0.2, 0.25) is 5.09 Å². The van der Waals surface area contributed by atoms with Crippen LogP contribution in [0.3, 0.4) is 0 Å². The van der Waals surface area contributed by atoms with E-state index in [0.29, 0.717) is 25.5 Å². The van der Waals surface area contributed by atoms with Crippen molar-refractivity contribution in [3.05, 3.63) is 17.9 Å². The van der Waals surface area contributed by atoms with Gasteiger partial charge in [-0.05, 0) is 38.9 Å². The number of nitrogens with one attached hydrogen (secondary N) is 1. The average Bonchev–Trinajstić information content (AvgIpc) is 2.88. The number of sulfonamides is 1. The van der Waals surface area contributed by atoms with Gasteiger partial charge in [0.25, 0.3) is 10.0 Å². The van der Waals surface area contributed by atoms with Crippen LogP contribution < -0.4 is 5.32 Å². The molecule has 1 rings (SSSR count). The second kappa shape index (κ2) is 8.53. The summed E-state index contributed by atoms with van der Waals surface area (Å²) in [5.41, 5.74) is 0. The molecule has 7 heteroatoms. The molecule has 0 radical (unpaired) electrons. The second-order valence-corrected chi connectivity index (χ2v) is 7.12. The van der Waals surface area contributed by atoms with E-state index in [2.05, 4.69) is 12.2 Å². The van der Waals surface area contributed by atoms with Gasteiger partial charge in [0.15, 0.2) is 0 Å². The normalized spacial score (nSPS) is 12.5. The number of rotatable bonds is 10. The molecule has 1 N–H and O–H groups in total. The van der Waals surface area contributed by atoms with Crippen molar-refractivity contribution in [1.29, 1.82) is 0 Å². The minimum atomic E-state index is -3.59. The van der Waals surface area contributed by atoms with Crippen LogP contribution in [-0.4, -0.2) is 45.6 Å². The van der Waals surface area contributed by atoms with Crippen LogP contribution in [0.2, 0.25) is 0 Å². The monoisotopic (exact) mass is 318 g/mol. The van der Waals surface area contributed by atoms with Gasteiger partial charge in [0.1, 0.15) is 5.76 Å². The first-order chi connectivity index (χ1) is 9.87. The lowest BCUT2D eigenvalue weighted by Gasteiger charge is -2.16. The van der Waals surface area contributed by atoms with Crippen LogP contribution in [0.4, 0.5) is 0 Å². The van der Waals surface area contributed by atoms with E-state index >= 15 is 0 Å². The van der Waals surface area contributed by atoms with Crippen LogP contribution >= 0.6 is 0 Å². The number of furan rings is 1. The van der Waals surface area contributed by atoms with E-state index in [1.54, 1.807) is 6.07 Å². The molecule has 0 saturated carbocycles. The average molecular weight is 318 g/mol. The van der Waals surface area contributed by atoms with Crippen molar-refractivity contribution in [3.8, 4) is 0 Å². The van der Waals surface area contributed by atoms with Gasteiger partial charge in [-0.2, -0.15) is 4.31 Å². The molecule has 21 heavy (non-hydrogen) atoms. The molecule has 1 heterocycles. The Kier molecular flexibility index (Phi) is 7.37. The quantitative estimate of drug-likeness (QED) is 0.666. The van der Waals surface area contributed by atoms with Gasteiger partial charge >= 0.3 is 0 Å². The Balaban J connectivity index is 2.60. The van der Waals surface area contributed by atoms with E-state index in [9.17, 15) is 8.42 Å². The van der Waals surface area contributed by atoms with Crippen LogP contribution in [0, 0.1) is 0 Å². The summed E-state index contributed by atoms with van der Waals surface area (Å²) in [6.45, 7) is 7.95. The predicted octanol–water partition coefficient (Wildman–Crippen LogP) is 1.82. The lowest BCUT2D eigenvalue weighted by atomic mass is 10.4. The van der Waals surface area contributed by atoms with Crippen LogP contribution in [0.25, 0.3) is 0 Å². The van der Waals surface area contributed by atoms with Gasteiger partial charge in [-0.1, -0.05) is 6.92 Å². The molecular formula is C14H26N2O4S. The zero-order valence-corrected chi connectivity index (χ0v) is 14.1. The zero-order chi connectivity index (χ0) is 15.9. The number of likely N-dealkylation sites (N-methyl/N-ethyl adjacent to an activating group) is 1. The van der Waals surface area contributed by atoms with Crippen molar-refractivity contribution >= 4 is 10.0 Å². The van der Waals surface area contributed by atoms with E-state index in [4.69, 9.17) is 9.15 Å². The highest BCUT2D eigenvalue weighted by Crippen LogP contribution is 2.17. The Bertz CT molecular complexity index is 511. The molecule has 0 bridgehead atoms. The third kappa shape index (κ3) is 5.78. The fourth-order valence-corrected chi connectivity index (χ4v) is 2.75. The van der Waals surface area contributed by atoms with Crippen LogP contribution in [0.1, 0.15) is 33.0 Å². The Morgan fingerprint density at radius 1 is 1.38 bits per heavy atom. The van der Waals surface area contributed by atoms with E-state index in [1.807, 2.05) is 13.8 Å². The third-order valence-electron chi connectivity index (χ3n) is 2.88. The van der Waals surface area contributed by atoms with Gasteiger partial charge < -0.3 is 14.5 Å². The molecule has 6 nitrogen and oxygen atoms in total. The fraction of sp³-hybridized carbons (Fsp3) is 0.714. The lowest BCUT2D eigenvalue weighted by Crippen LogP contribution is -2.30. The summed E-state index contributed by atoms with van der Waals surface area (Å²) >= 11 is 0. The number of ether oxygens (including phenoxy) is 1. The molecule has 0 atom stereocenters. The van der Waals surface area contributed by atoms with Gasteiger partial charge in [-0.3, -0.25) is 0 Å². The Labute approximate surface area is 127 Å². The summed E-state index contributed by atoms with van der Waals surface area (Å²) in [5.74, 6) is 0.619. The Morgan fingerprint density at radius 2 is 2.10 bits per heavy atom. The summed E-state index contributed by atoms with van der Waals surface area (Å²) in [4.78, 5) is 0. The smallest absolute Gasteiger partial charge is 0.276 e. The predicted molar refractivity (Wildman–Crippen MR) is 81.6 cm³/mol. The van der Waals surface area contributed by atoms with Gasteiger partial charge in [0.05, 0.1) is 19.3 Å². The first kappa shape index (κ1) is 18.2. The maximum Gasteiger partial charge on any atom is 0.276 e. The molecule has 0 aromatic carbocycles. The van der Waals surface area contributed by atoms with Crippen molar-refractivity contribution in [2.75, 3.05) is 26.7 Å². The molecule has 0 unspecified atom stereocenters. The highest BCUT2D eigenvalue weighted by molar-refractivity contribution is 7.89. The SMILES string of the molecule is CCCNCc1ccc(S(=O)(=O)N(C)CCOC(C)C)o1. The molecule has 1 aromatic rings. The zero-order valence-electron chi connectivity index (χ0n) is 13.3. The van der Waals surface area contributed by atoms with E-state index in [0.717, 1.165) is 13.0 Å². The molecule has 1 aromatic heterocycles. The number of hydrogen-bond donors (Lipinski definition) is 1. The summed E-state index contributed by atoms with van der Waals surface area (Å²) in [5, 5.41) is 3.14. The minimum absolute atomic E-state index is 0.0251. The van der Waals surface area contributed by atoms with E-state index < -0.39 is 10.0 Å². The molecule has 0 spiro atoms. The first-order valence-corrected chi connectivity index (χ1v) is 8.69. The highest BCUT2D eigenvalue weighted by Gasteiger charge is 2.24. The maximum atomic E-state index is 12.3. The van der Waals surface area contributed by atoms with Gasteiger partial charge in [0, 0.05) is 13.6 Å². The molecule has 0 aliphatic rings. The Hall–Kier alpha value is -0.890. The molecule has 0 saturated heterocycles. The summed E-state index contributed by atoms with van der Waals surface area (Å²) in [6, 6.07) is 3.19. The summed E-state index contributed by atoms with van der Waals surface area (Å²) in [7, 11) is -2.06. The summed E-state index contributed by atoms with van der Waals surface area (Å²) < 4.78 is 36.6. The van der Waals surface area contributed by atoms with Gasteiger partial charge in [-0.15, -0.1) is 0 Å². The highest BCUT2D eigenvalue weighted by atomic mass is 32.2. The number of nitrogens with zero attached hydrogens (tertiary/aromatic N) is 1. The largest absolute Gasteiger partial charge is 0.447 e. The molecule has 0 aliphatic heterocycles. The minimum Gasteiger partial charge on any atom is -0.447 e. The van der Waals surface area contributed by atoms with E-state index in [1.165, 1.54) is 17.4 Å². The Morgan fingerprint density at radius 3 is 2.71 bits per heavy atom.